The average molecular weight is 1300 g/mol. The van der Waals surface area contributed by atoms with Gasteiger partial charge in [-0.25, -0.2) is 0 Å². The fourth-order valence-electron chi connectivity index (χ4n) is 16.1. The SMILES string of the molecule is Cc1cc2c(cc1C)-c1c(nc3ccccc3c1C)C2.Cc1cc2c(cc1C)-c1cc3c(C)cccc3nc1C2.Cc1cc2c(cc1C)-c1cc3cccc(C)c3nc1C2.Cc1ccc2cc3c(nc2c1)Cc1cc(C)c(C)cc1-3.Cc1ccc2nc3c(cc2c1)-c1cc(C)c(C)cc1C3. The van der Waals surface area contributed by atoms with Crippen LogP contribution >= 0.6 is 0 Å². The third kappa shape index (κ3) is 11.4. The van der Waals surface area contributed by atoms with Gasteiger partial charge in [-0.05, 0) is 292 Å². The number of pyridine rings is 5. The number of para-hydroxylation sites is 2. The maximum atomic E-state index is 4.93. The fourth-order valence-corrected chi connectivity index (χ4v) is 16.1. The molecule has 5 aliphatic rings. The van der Waals surface area contributed by atoms with Crippen molar-refractivity contribution < 1.29 is 0 Å². The molecule has 0 atom stereocenters. The van der Waals surface area contributed by atoms with E-state index in [1.54, 1.807) is 0 Å². The van der Waals surface area contributed by atoms with Gasteiger partial charge in [-0.1, -0.05) is 133 Å². The monoisotopic (exact) mass is 1300 g/mol. The van der Waals surface area contributed by atoms with Crippen molar-refractivity contribution in [2.45, 2.75) is 136 Å². The third-order valence-corrected chi connectivity index (χ3v) is 22.4. The Kier molecular flexibility index (Phi) is 15.9. The third-order valence-electron chi connectivity index (χ3n) is 22.4. The summed E-state index contributed by atoms with van der Waals surface area (Å²) < 4.78 is 0. The van der Waals surface area contributed by atoms with E-state index in [2.05, 4.69) is 286 Å². The molecule has 0 fully saturated rings. The molecule has 20 rings (SSSR count). The van der Waals surface area contributed by atoms with Crippen molar-refractivity contribution in [3.05, 3.63) is 322 Å². The van der Waals surface area contributed by atoms with Crippen LogP contribution in [0.5, 0.6) is 0 Å². The molecule has 0 amide bonds. The Labute approximate surface area is 589 Å². The molecule has 5 heteroatoms. The first kappa shape index (κ1) is 64.0. The number of aryl methyl sites for hydroxylation is 15. The van der Waals surface area contributed by atoms with Crippen LogP contribution in [0.2, 0.25) is 0 Å². The Bertz CT molecular complexity index is 5950. The Balaban J connectivity index is 0.0000000972. The fraction of sp³-hybridized carbons (Fsp3) is 0.211. The zero-order chi connectivity index (χ0) is 69.3. The highest BCUT2D eigenvalue weighted by atomic mass is 14.7. The molecule has 5 nitrogen and oxygen atoms in total. The molecule has 0 aliphatic heterocycles. The van der Waals surface area contributed by atoms with Gasteiger partial charge in [0.25, 0.3) is 0 Å². The van der Waals surface area contributed by atoms with Crippen molar-refractivity contribution in [2.75, 3.05) is 0 Å². The molecule has 0 saturated heterocycles. The van der Waals surface area contributed by atoms with Gasteiger partial charge in [0.15, 0.2) is 0 Å². The molecule has 0 spiro atoms. The van der Waals surface area contributed by atoms with Crippen molar-refractivity contribution in [3.8, 4) is 55.6 Å². The summed E-state index contributed by atoms with van der Waals surface area (Å²) in [4.78, 5) is 24.5. The number of hydrogen-bond acceptors (Lipinski definition) is 5. The van der Waals surface area contributed by atoms with Crippen LogP contribution in [-0.4, -0.2) is 24.9 Å². The van der Waals surface area contributed by atoms with Crippen molar-refractivity contribution >= 4 is 54.5 Å². The second kappa shape index (κ2) is 24.9. The van der Waals surface area contributed by atoms with Gasteiger partial charge in [0.2, 0.25) is 0 Å². The summed E-state index contributed by atoms with van der Waals surface area (Å²) >= 11 is 0. The first-order chi connectivity index (χ1) is 48.1. The minimum absolute atomic E-state index is 0.968. The molecule has 0 N–H and O–H groups in total. The molecule has 0 saturated carbocycles. The first-order valence-corrected chi connectivity index (χ1v) is 35.6. The summed E-state index contributed by atoms with van der Waals surface area (Å²) in [6, 6.07) is 66.7. The Morgan fingerprint density at radius 1 is 0.220 bits per heavy atom. The normalized spacial score (nSPS) is 12.6. The number of nitrogens with zero attached hydrogens (tertiary/aromatic N) is 5. The molecule has 0 unspecified atom stereocenters. The molecular weight excluding hydrogens is 1210 g/mol. The van der Waals surface area contributed by atoms with E-state index >= 15 is 0 Å². The van der Waals surface area contributed by atoms with Crippen LogP contribution in [0, 0.1) is 104 Å². The zero-order valence-corrected chi connectivity index (χ0v) is 60.6. The molecule has 15 aromatic rings. The highest BCUT2D eigenvalue weighted by Gasteiger charge is 2.28. The number of hydrogen-bond donors (Lipinski definition) is 0. The van der Waals surface area contributed by atoms with Crippen LogP contribution in [0.3, 0.4) is 0 Å². The van der Waals surface area contributed by atoms with Gasteiger partial charge in [0, 0.05) is 86.9 Å². The summed E-state index contributed by atoms with van der Waals surface area (Å²) in [7, 11) is 0. The zero-order valence-electron chi connectivity index (χ0n) is 60.6. The standard InChI is InChI=1S/5C19H17N/c1-11-4-5-18-15(6-11)9-17-16-8-13(3)12(2)7-14(16)10-19(17)20-18;1-11-4-5-14-9-17-16-8-13(3)12(2)7-15(16)10-19(17)20-18(14)6-11;1-11-5-4-6-18-15(11)10-17-16-8-13(3)12(2)7-14(16)9-19(17)20-18;1-11-5-4-6-14-9-17-16-8-13(3)12(2)7-15(16)10-18(17)20-19(11)14;1-11-8-14-10-18-19(16(14)9-12(11)2)13(3)15-6-4-5-7-17(15)20-18/h2*4-9H,10H2,1-3H3;4-8,10H,9H2,1-3H3;2*4-9H,10H2,1-3H3. The van der Waals surface area contributed by atoms with E-state index in [4.69, 9.17) is 24.9 Å². The quantitative estimate of drug-likeness (QED) is 0.151. The summed E-state index contributed by atoms with van der Waals surface area (Å²) in [6.45, 7) is 32.7. The molecular formula is C95H85N5. The highest BCUT2D eigenvalue weighted by molar-refractivity contribution is 5.95. The van der Waals surface area contributed by atoms with Crippen molar-refractivity contribution in [3.63, 3.8) is 0 Å². The maximum Gasteiger partial charge on any atom is 0.0735 e. The van der Waals surface area contributed by atoms with Crippen LogP contribution in [0.15, 0.2) is 182 Å². The van der Waals surface area contributed by atoms with Gasteiger partial charge < -0.3 is 0 Å². The van der Waals surface area contributed by atoms with E-state index in [1.807, 2.05) is 0 Å². The molecule has 5 aromatic heterocycles. The summed E-state index contributed by atoms with van der Waals surface area (Å²) in [5, 5.41) is 6.28. The molecule has 0 radical (unpaired) electrons. The lowest BCUT2D eigenvalue weighted by Gasteiger charge is -2.10. The first-order valence-electron chi connectivity index (χ1n) is 35.6. The van der Waals surface area contributed by atoms with Crippen LogP contribution in [0.1, 0.15) is 140 Å². The van der Waals surface area contributed by atoms with E-state index in [0.717, 1.165) is 59.7 Å². The second-order valence-electron chi connectivity index (χ2n) is 29.5. The number of rotatable bonds is 0. The predicted octanol–water partition coefficient (Wildman–Crippen LogP) is 23.7. The van der Waals surface area contributed by atoms with E-state index in [1.165, 1.54) is 222 Å². The minimum atomic E-state index is 0.968. The maximum absolute atomic E-state index is 4.93. The molecule has 5 heterocycles. The van der Waals surface area contributed by atoms with E-state index in [-0.39, 0.29) is 0 Å². The second-order valence-corrected chi connectivity index (χ2v) is 29.5. The Morgan fingerprint density at radius 3 is 1.18 bits per heavy atom. The Morgan fingerprint density at radius 2 is 0.610 bits per heavy atom. The lowest BCUT2D eigenvalue weighted by Crippen LogP contribution is -1.92. The number of aromatic nitrogens is 5. The summed E-state index contributed by atoms with van der Waals surface area (Å²) in [6.07, 6.45) is 4.84. The molecule has 490 valence electrons. The lowest BCUT2D eigenvalue weighted by molar-refractivity contribution is 1.14. The van der Waals surface area contributed by atoms with E-state index < -0.39 is 0 Å². The average Bonchev–Trinajstić information content (AvgIpc) is 1.63. The summed E-state index contributed by atoms with van der Waals surface area (Å²) in [5.41, 5.74) is 52.5. The van der Waals surface area contributed by atoms with Crippen molar-refractivity contribution in [1.82, 2.24) is 24.9 Å². The Hall–Kier alpha value is -10.8. The molecule has 100 heavy (non-hydrogen) atoms. The van der Waals surface area contributed by atoms with Gasteiger partial charge >= 0.3 is 0 Å². The minimum Gasteiger partial charge on any atom is -0.252 e. The van der Waals surface area contributed by atoms with E-state index in [0.29, 0.717) is 0 Å². The van der Waals surface area contributed by atoms with Crippen LogP contribution in [0.25, 0.3) is 110 Å². The molecule has 0 bridgehead atoms. The van der Waals surface area contributed by atoms with Crippen LogP contribution in [-0.2, 0) is 32.1 Å². The highest BCUT2D eigenvalue weighted by Crippen LogP contribution is 2.45. The smallest absolute Gasteiger partial charge is 0.0735 e. The van der Waals surface area contributed by atoms with Gasteiger partial charge in [0.05, 0.1) is 56.1 Å². The van der Waals surface area contributed by atoms with Gasteiger partial charge in [-0.15, -0.1) is 0 Å². The number of benzene rings is 10. The largest absolute Gasteiger partial charge is 0.252 e. The topological polar surface area (TPSA) is 64.5 Å². The summed E-state index contributed by atoms with van der Waals surface area (Å²) in [5.74, 6) is 0. The van der Waals surface area contributed by atoms with Crippen molar-refractivity contribution in [2.24, 2.45) is 0 Å². The van der Waals surface area contributed by atoms with Crippen LogP contribution in [0.4, 0.5) is 0 Å². The predicted molar refractivity (Wildman–Crippen MR) is 421 cm³/mol. The number of fused-ring (bicyclic) bond motifs is 20. The van der Waals surface area contributed by atoms with Gasteiger partial charge in [-0.3, -0.25) is 24.9 Å². The van der Waals surface area contributed by atoms with Gasteiger partial charge in [0.1, 0.15) is 0 Å². The lowest BCUT2D eigenvalue weighted by atomic mass is 9.96. The van der Waals surface area contributed by atoms with Gasteiger partial charge in [-0.2, -0.15) is 0 Å². The van der Waals surface area contributed by atoms with Crippen LogP contribution < -0.4 is 0 Å². The molecule has 10 aromatic carbocycles. The van der Waals surface area contributed by atoms with Crippen molar-refractivity contribution in [1.29, 1.82) is 0 Å². The molecule has 5 aliphatic carbocycles. The van der Waals surface area contributed by atoms with E-state index in [9.17, 15) is 0 Å².